The molecule has 2 aromatic carbocycles. The topological polar surface area (TPSA) is 38.8 Å². The third-order valence-corrected chi connectivity index (χ3v) is 5.10. The van der Waals surface area contributed by atoms with Crippen molar-refractivity contribution in [3.8, 4) is 11.5 Å². The lowest BCUT2D eigenvalue weighted by atomic mass is 9.71. The summed E-state index contributed by atoms with van der Waals surface area (Å²) in [6.45, 7) is 8.34. The minimum Gasteiger partial charge on any atom is -0.454 e. The van der Waals surface area contributed by atoms with Crippen LogP contribution in [0.25, 0.3) is 0 Å². The zero-order valence-corrected chi connectivity index (χ0v) is 15.6. The number of hydrogen-bond acceptors (Lipinski definition) is 3. The van der Waals surface area contributed by atoms with Gasteiger partial charge in [-0.05, 0) is 48.2 Å². The fourth-order valence-electron chi connectivity index (χ4n) is 3.93. The molecule has 0 radical (unpaired) electrons. The summed E-state index contributed by atoms with van der Waals surface area (Å²) in [4.78, 5) is 15.0. The average molecular weight is 339 g/mol. The Balaban J connectivity index is 0.000000880. The molecule has 4 heteroatoms. The Morgan fingerprint density at radius 3 is 2.40 bits per heavy atom. The number of para-hydroxylation sites is 1. The molecule has 2 heterocycles. The van der Waals surface area contributed by atoms with Crippen LogP contribution in [0.15, 0.2) is 36.4 Å². The molecule has 0 saturated carbocycles. The fraction of sp³-hybridized carbons (Fsp3) is 0.381. The third kappa shape index (κ3) is 2.31. The first kappa shape index (κ1) is 17.3. The molecule has 2 aromatic rings. The lowest BCUT2D eigenvalue weighted by Crippen LogP contribution is -2.39. The Hall–Kier alpha value is -2.49. The fourth-order valence-corrected chi connectivity index (χ4v) is 3.93. The van der Waals surface area contributed by atoms with E-state index in [2.05, 4.69) is 13.0 Å². The SMILES string of the molecule is CC.CC[C@]1(c2cc3c(cc2C)OCO3)C(=O)N(C)c2ccccc21. The molecule has 4 rings (SSSR count). The van der Waals surface area contributed by atoms with Gasteiger partial charge in [0.1, 0.15) is 5.41 Å². The highest BCUT2D eigenvalue weighted by molar-refractivity contribution is 6.10. The van der Waals surface area contributed by atoms with Gasteiger partial charge in [0.15, 0.2) is 11.5 Å². The van der Waals surface area contributed by atoms with E-state index in [0.29, 0.717) is 6.42 Å². The Morgan fingerprint density at radius 2 is 1.72 bits per heavy atom. The first-order chi connectivity index (χ1) is 12.1. The summed E-state index contributed by atoms with van der Waals surface area (Å²) in [7, 11) is 1.85. The molecule has 0 spiro atoms. The van der Waals surface area contributed by atoms with Crippen LogP contribution in [0.3, 0.4) is 0 Å². The highest BCUT2D eigenvalue weighted by Crippen LogP contribution is 2.50. The summed E-state index contributed by atoms with van der Waals surface area (Å²) >= 11 is 0. The highest BCUT2D eigenvalue weighted by Gasteiger charge is 2.50. The van der Waals surface area contributed by atoms with Gasteiger partial charge in [-0.2, -0.15) is 0 Å². The van der Waals surface area contributed by atoms with Crippen LogP contribution in [0.5, 0.6) is 11.5 Å². The third-order valence-electron chi connectivity index (χ3n) is 5.10. The summed E-state index contributed by atoms with van der Waals surface area (Å²) in [6, 6.07) is 12.0. The van der Waals surface area contributed by atoms with Crippen LogP contribution in [0.4, 0.5) is 5.69 Å². The molecule has 4 nitrogen and oxygen atoms in total. The molecular formula is C21H25NO3. The first-order valence-corrected chi connectivity index (χ1v) is 8.88. The quantitative estimate of drug-likeness (QED) is 0.813. The van der Waals surface area contributed by atoms with E-state index in [4.69, 9.17) is 9.47 Å². The van der Waals surface area contributed by atoms with Gasteiger partial charge >= 0.3 is 0 Å². The second-order valence-corrected chi connectivity index (χ2v) is 6.16. The molecular weight excluding hydrogens is 314 g/mol. The van der Waals surface area contributed by atoms with Crippen LogP contribution >= 0.6 is 0 Å². The van der Waals surface area contributed by atoms with Crippen LogP contribution in [0.1, 0.15) is 43.9 Å². The second kappa shape index (κ2) is 6.43. The number of likely N-dealkylation sites (N-methyl/N-ethyl adjacent to an activating group) is 1. The van der Waals surface area contributed by atoms with E-state index in [1.54, 1.807) is 4.90 Å². The van der Waals surface area contributed by atoms with Crippen LogP contribution in [0, 0.1) is 6.92 Å². The molecule has 0 aromatic heterocycles. The standard InChI is InChI=1S/C19H19NO3.C2H6/c1-4-19(13-7-5-6-8-15(13)20(3)18(19)21)14-10-17-16(9-12(14)2)22-11-23-17;1-2/h5-10H,4,11H2,1-3H3;1-2H3/t19-;/m0./s1. The molecule has 1 amide bonds. The van der Waals surface area contributed by atoms with Gasteiger partial charge in [0.2, 0.25) is 12.7 Å². The molecule has 0 saturated heterocycles. The number of aryl methyl sites for hydroxylation is 1. The van der Waals surface area contributed by atoms with Crippen molar-refractivity contribution in [1.82, 2.24) is 0 Å². The number of anilines is 1. The van der Waals surface area contributed by atoms with Crippen LogP contribution in [-0.2, 0) is 10.2 Å². The summed E-state index contributed by atoms with van der Waals surface area (Å²) in [6.07, 6.45) is 0.702. The van der Waals surface area contributed by atoms with Crippen molar-refractivity contribution in [2.75, 3.05) is 18.7 Å². The number of hydrogen-bond donors (Lipinski definition) is 0. The van der Waals surface area contributed by atoms with Gasteiger partial charge in [-0.1, -0.05) is 39.0 Å². The molecule has 0 bridgehead atoms. The highest BCUT2D eigenvalue weighted by atomic mass is 16.7. The molecule has 2 aliphatic rings. The molecule has 0 N–H and O–H groups in total. The molecule has 2 aliphatic heterocycles. The largest absolute Gasteiger partial charge is 0.454 e. The molecule has 25 heavy (non-hydrogen) atoms. The number of carbonyl (C=O) groups is 1. The predicted molar refractivity (Wildman–Crippen MR) is 99.6 cm³/mol. The Labute approximate surface area is 149 Å². The Bertz CT molecular complexity index is 815. The van der Waals surface area contributed by atoms with Crippen LogP contribution in [0.2, 0.25) is 0 Å². The number of amides is 1. The number of nitrogens with zero attached hydrogens (tertiary/aromatic N) is 1. The minimum atomic E-state index is -0.656. The Kier molecular flexibility index (Phi) is 4.46. The van der Waals surface area contributed by atoms with E-state index in [-0.39, 0.29) is 12.7 Å². The van der Waals surface area contributed by atoms with Crippen molar-refractivity contribution < 1.29 is 14.3 Å². The minimum absolute atomic E-state index is 0.114. The van der Waals surface area contributed by atoms with Gasteiger partial charge in [0.05, 0.1) is 0 Å². The van der Waals surface area contributed by atoms with E-state index in [0.717, 1.165) is 33.9 Å². The maximum absolute atomic E-state index is 13.2. The normalized spacial score (nSPS) is 20.2. The van der Waals surface area contributed by atoms with Crippen molar-refractivity contribution in [2.45, 2.75) is 39.5 Å². The van der Waals surface area contributed by atoms with Gasteiger partial charge in [-0.25, -0.2) is 0 Å². The average Bonchev–Trinajstić information content (AvgIpc) is 3.18. The summed E-state index contributed by atoms with van der Waals surface area (Å²) in [5.74, 6) is 1.59. The monoisotopic (exact) mass is 339 g/mol. The van der Waals surface area contributed by atoms with Crippen molar-refractivity contribution in [2.24, 2.45) is 0 Å². The van der Waals surface area contributed by atoms with E-state index in [1.807, 2.05) is 58.2 Å². The molecule has 0 aliphatic carbocycles. The maximum atomic E-state index is 13.2. The van der Waals surface area contributed by atoms with Crippen molar-refractivity contribution in [1.29, 1.82) is 0 Å². The van der Waals surface area contributed by atoms with E-state index in [1.165, 1.54) is 0 Å². The van der Waals surface area contributed by atoms with Crippen molar-refractivity contribution in [3.63, 3.8) is 0 Å². The van der Waals surface area contributed by atoms with Gasteiger partial charge in [-0.15, -0.1) is 0 Å². The van der Waals surface area contributed by atoms with Crippen LogP contribution < -0.4 is 14.4 Å². The number of fused-ring (bicyclic) bond motifs is 2. The maximum Gasteiger partial charge on any atom is 0.241 e. The summed E-state index contributed by atoms with van der Waals surface area (Å²) in [5.41, 5.74) is 3.45. The summed E-state index contributed by atoms with van der Waals surface area (Å²) < 4.78 is 11.0. The second-order valence-electron chi connectivity index (χ2n) is 6.16. The number of ether oxygens (including phenoxy) is 2. The number of rotatable bonds is 2. The molecule has 0 fully saturated rings. The Morgan fingerprint density at radius 1 is 1.08 bits per heavy atom. The number of benzene rings is 2. The van der Waals surface area contributed by atoms with E-state index in [9.17, 15) is 4.79 Å². The first-order valence-electron chi connectivity index (χ1n) is 8.88. The van der Waals surface area contributed by atoms with E-state index >= 15 is 0 Å². The van der Waals surface area contributed by atoms with Gasteiger partial charge in [0, 0.05) is 12.7 Å². The molecule has 0 unspecified atom stereocenters. The van der Waals surface area contributed by atoms with Crippen molar-refractivity contribution in [3.05, 3.63) is 53.1 Å². The van der Waals surface area contributed by atoms with Crippen molar-refractivity contribution >= 4 is 11.6 Å². The predicted octanol–water partition coefficient (Wildman–Crippen LogP) is 4.42. The number of carbonyl (C=O) groups excluding carboxylic acids is 1. The van der Waals surface area contributed by atoms with Gasteiger partial charge in [-0.3, -0.25) is 4.79 Å². The van der Waals surface area contributed by atoms with E-state index < -0.39 is 5.41 Å². The van der Waals surface area contributed by atoms with Gasteiger partial charge < -0.3 is 14.4 Å². The smallest absolute Gasteiger partial charge is 0.241 e. The van der Waals surface area contributed by atoms with Crippen LogP contribution in [-0.4, -0.2) is 19.7 Å². The molecule has 132 valence electrons. The lowest BCUT2D eigenvalue weighted by molar-refractivity contribution is -0.121. The lowest BCUT2D eigenvalue weighted by Gasteiger charge is -2.29. The zero-order chi connectivity index (χ0) is 18.2. The van der Waals surface area contributed by atoms with Gasteiger partial charge in [0.25, 0.3) is 0 Å². The zero-order valence-electron chi connectivity index (χ0n) is 15.6. The molecule has 1 atom stereocenters. The summed E-state index contributed by atoms with van der Waals surface area (Å²) in [5, 5.41) is 0.